The molecular weight excluding hydrogens is 256 g/mol. The highest BCUT2D eigenvalue weighted by molar-refractivity contribution is 5.74. The first-order valence-electron chi connectivity index (χ1n) is 7.35. The summed E-state index contributed by atoms with van der Waals surface area (Å²) in [6, 6.07) is 0.0807. The summed E-state index contributed by atoms with van der Waals surface area (Å²) < 4.78 is 11.7. The lowest BCUT2D eigenvalue weighted by atomic mass is 9.73. The Hall–Kier alpha value is -1.07. The van der Waals surface area contributed by atoms with Crippen LogP contribution in [0.1, 0.15) is 19.3 Å². The summed E-state index contributed by atoms with van der Waals surface area (Å²) in [6.07, 6.45) is 4.98. The molecule has 2 aliphatic rings. The van der Waals surface area contributed by atoms with Crippen LogP contribution in [0.2, 0.25) is 0 Å². The van der Waals surface area contributed by atoms with Crippen LogP contribution < -0.4 is 0 Å². The molecule has 2 atom stereocenters. The molecule has 5 nitrogen and oxygen atoms in total. The Morgan fingerprint density at radius 2 is 2.40 bits per heavy atom. The van der Waals surface area contributed by atoms with E-state index in [0.717, 1.165) is 39.0 Å². The molecule has 0 aromatic heterocycles. The van der Waals surface area contributed by atoms with Gasteiger partial charge in [0, 0.05) is 39.2 Å². The van der Waals surface area contributed by atoms with Gasteiger partial charge in [0.2, 0.25) is 0 Å². The minimum atomic E-state index is -0.0504. The molecule has 0 aromatic carbocycles. The van der Waals surface area contributed by atoms with Crippen molar-refractivity contribution in [2.75, 3.05) is 47.0 Å². The Labute approximate surface area is 121 Å². The van der Waals surface area contributed by atoms with Crippen molar-refractivity contribution >= 4 is 6.03 Å². The molecule has 2 rings (SSSR count). The lowest BCUT2D eigenvalue weighted by Crippen LogP contribution is -2.59. The first-order valence-corrected chi connectivity index (χ1v) is 7.35. The maximum Gasteiger partial charge on any atom is 0.319 e. The largest absolute Gasteiger partial charge is 0.377 e. The van der Waals surface area contributed by atoms with Gasteiger partial charge in [-0.05, 0) is 19.3 Å². The van der Waals surface area contributed by atoms with Crippen LogP contribution >= 0.6 is 0 Å². The molecule has 0 radical (unpaired) electrons. The summed E-state index contributed by atoms with van der Waals surface area (Å²) in [5, 5.41) is 0. The zero-order valence-electron chi connectivity index (χ0n) is 12.6. The van der Waals surface area contributed by atoms with E-state index in [-0.39, 0.29) is 17.6 Å². The molecule has 0 aliphatic carbocycles. The van der Waals surface area contributed by atoms with Crippen molar-refractivity contribution in [2.45, 2.75) is 25.4 Å². The molecule has 2 fully saturated rings. The summed E-state index contributed by atoms with van der Waals surface area (Å²) >= 11 is 0. The molecule has 0 aromatic rings. The van der Waals surface area contributed by atoms with Gasteiger partial charge in [-0.2, -0.15) is 0 Å². The van der Waals surface area contributed by atoms with Crippen LogP contribution in [0.15, 0.2) is 12.7 Å². The average Bonchev–Trinajstić information content (AvgIpc) is 2.46. The minimum absolute atomic E-state index is 0.0504. The molecule has 0 unspecified atom stereocenters. The number of ether oxygens (including phenoxy) is 2. The number of hydrogen-bond donors (Lipinski definition) is 0. The molecular formula is C15H26N2O3. The van der Waals surface area contributed by atoms with E-state index in [9.17, 15) is 4.79 Å². The van der Waals surface area contributed by atoms with Gasteiger partial charge in [-0.25, -0.2) is 4.79 Å². The number of fused-ring (bicyclic) bond motifs is 1. The first-order chi connectivity index (χ1) is 9.59. The molecule has 0 N–H and O–H groups in total. The van der Waals surface area contributed by atoms with Crippen LogP contribution in [-0.4, -0.2) is 68.9 Å². The van der Waals surface area contributed by atoms with Crippen molar-refractivity contribution < 1.29 is 14.3 Å². The molecule has 0 spiro atoms. The predicted octanol–water partition coefficient (Wildman–Crippen LogP) is 1.74. The maximum absolute atomic E-state index is 12.2. The summed E-state index contributed by atoms with van der Waals surface area (Å²) in [5.74, 6) is 0. The SMILES string of the molecule is C=CCOC[C@]12CCCO[C@@H]1CCN(C(=O)N(C)C)C2. The van der Waals surface area contributed by atoms with Crippen molar-refractivity contribution in [1.29, 1.82) is 0 Å². The van der Waals surface area contributed by atoms with Gasteiger partial charge in [0.25, 0.3) is 0 Å². The van der Waals surface area contributed by atoms with Gasteiger partial charge in [0.1, 0.15) is 0 Å². The zero-order chi connectivity index (χ0) is 14.6. The normalized spacial score (nSPS) is 29.7. The topological polar surface area (TPSA) is 42.0 Å². The van der Waals surface area contributed by atoms with Crippen molar-refractivity contribution in [3.63, 3.8) is 0 Å². The number of amides is 2. The Balaban J connectivity index is 2.07. The third-order valence-electron chi connectivity index (χ3n) is 4.27. The van der Waals surface area contributed by atoms with Crippen LogP contribution in [0.5, 0.6) is 0 Å². The number of carbonyl (C=O) groups excluding carboxylic acids is 1. The zero-order valence-corrected chi connectivity index (χ0v) is 12.6. The number of hydrogen-bond acceptors (Lipinski definition) is 3. The number of nitrogens with zero attached hydrogens (tertiary/aromatic N) is 2. The molecule has 20 heavy (non-hydrogen) atoms. The van der Waals surface area contributed by atoms with Crippen molar-refractivity contribution in [1.82, 2.24) is 9.80 Å². The number of carbonyl (C=O) groups is 1. The summed E-state index contributed by atoms with van der Waals surface area (Å²) in [7, 11) is 3.60. The highest BCUT2D eigenvalue weighted by Crippen LogP contribution is 2.40. The number of rotatable bonds is 4. The van der Waals surface area contributed by atoms with Gasteiger partial charge >= 0.3 is 6.03 Å². The quantitative estimate of drug-likeness (QED) is 0.582. The second-order valence-electron chi connectivity index (χ2n) is 6.02. The lowest BCUT2D eigenvalue weighted by Gasteiger charge is -2.50. The third kappa shape index (κ3) is 3.15. The van der Waals surface area contributed by atoms with E-state index in [4.69, 9.17) is 9.47 Å². The van der Waals surface area contributed by atoms with Crippen molar-refractivity contribution in [3.8, 4) is 0 Å². The van der Waals surface area contributed by atoms with Crippen LogP contribution in [0.25, 0.3) is 0 Å². The fourth-order valence-corrected chi connectivity index (χ4v) is 3.29. The van der Waals surface area contributed by atoms with Gasteiger partial charge in [0.15, 0.2) is 0 Å². The standard InChI is InChI=1S/C15H26N2O3/c1-4-9-19-12-15-7-5-10-20-13(15)6-8-17(11-15)14(18)16(2)3/h4,13H,1,5-12H2,2-3H3/t13-,15-/m1/s1. The van der Waals surface area contributed by atoms with Crippen LogP contribution in [0.4, 0.5) is 4.79 Å². The van der Waals surface area contributed by atoms with E-state index in [1.165, 1.54) is 0 Å². The van der Waals surface area contributed by atoms with E-state index in [0.29, 0.717) is 13.2 Å². The van der Waals surface area contributed by atoms with Crippen molar-refractivity contribution in [3.05, 3.63) is 12.7 Å². The Morgan fingerprint density at radius 1 is 1.60 bits per heavy atom. The fourth-order valence-electron chi connectivity index (χ4n) is 3.29. The van der Waals surface area contributed by atoms with E-state index >= 15 is 0 Å². The molecule has 2 heterocycles. The lowest BCUT2D eigenvalue weighted by molar-refractivity contribution is -0.145. The molecule has 2 aliphatic heterocycles. The Bertz CT molecular complexity index is 359. The highest BCUT2D eigenvalue weighted by atomic mass is 16.5. The Morgan fingerprint density at radius 3 is 3.10 bits per heavy atom. The van der Waals surface area contributed by atoms with Crippen LogP contribution in [0.3, 0.4) is 0 Å². The number of urea groups is 1. The second kappa shape index (κ2) is 6.59. The second-order valence-corrected chi connectivity index (χ2v) is 6.02. The van der Waals surface area contributed by atoms with Gasteiger partial charge in [0.05, 0.1) is 19.3 Å². The van der Waals surface area contributed by atoms with Crippen LogP contribution in [-0.2, 0) is 9.47 Å². The van der Waals surface area contributed by atoms with E-state index in [2.05, 4.69) is 6.58 Å². The van der Waals surface area contributed by atoms with Crippen LogP contribution in [0, 0.1) is 5.41 Å². The molecule has 0 bridgehead atoms. The average molecular weight is 282 g/mol. The highest BCUT2D eigenvalue weighted by Gasteiger charge is 2.47. The van der Waals surface area contributed by atoms with Gasteiger partial charge < -0.3 is 19.3 Å². The molecule has 2 amide bonds. The minimum Gasteiger partial charge on any atom is -0.377 e. The third-order valence-corrected chi connectivity index (χ3v) is 4.27. The van der Waals surface area contributed by atoms with Gasteiger partial charge in [-0.1, -0.05) is 6.08 Å². The monoisotopic (exact) mass is 282 g/mol. The first kappa shape index (κ1) is 15.3. The molecule has 0 saturated carbocycles. The van der Waals surface area contributed by atoms with Gasteiger partial charge in [-0.3, -0.25) is 0 Å². The van der Waals surface area contributed by atoms with E-state index in [1.54, 1.807) is 25.1 Å². The van der Waals surface area contributed by atoms with E-state index < -0.39 is 0 Å². The summed E-state index contributed by atoms with van der Waals surface area (Å²) in [6.45, 7) is 7.20. The Kier molecular flexibility index (Phi) is 5.05. The fraction of sp³-hybridized carbons (Fsp3) is 0.800. The van der Waals surface area contributed by atoms with Crippen molar-refractivity contribution in [2.24, 2.45) is 5.41 Å². The maximum atomic E-state index is 12.2. The number of piperidine rings is 1. The predicted molar refractivity (Wildman–Crippen MR) is 77.7 cm³/mol. The summed E-state index contributed by atoms with van der Waals surface area (Å²) in [4.78, 5) is 15.8. The smallest absolute Gasteiger partial charge is 0.319 e. The number of likely N-dealkylation sites (tertiary alicyclic amines) is 1. The summed E-state index contributed by atoms with van der Waals surface area (Å²) in [5.41, 5.74) is -0.0504. The van der Waals surface area contributed by atoms with Gasteiger partial charge in [-0.15, -0.1) is 6.58 Å². The molecule has 114 valence electrons. The molecule has 5 heteroatoms. The molecule has 2 saturated heterocycles. The van der Waals surface area contributed by atoms with E-state index in [1.807, 2.05) is 4.90 Å².